The van der Waals surface area contributed by atoms with Gasteiger partial charge in [-0.15, -0.1) is 0 Å². The van der Waals surface area contributed by atoms with Crippen molar-refractivity contribution < 1.29 is 37.1 Å². The minimum absolute atomic E-state index is 0.0128. The van der Waals surface area contributed by atoms with Crippen molar-refractivity contribution in [3.8, 4) is 0 Å². The molecule has 0 unspecified atom stereocenters. The van der Waals surface area contributed by atoms with Crippen molar-refractivity contribution in [2.45, 2.75) is 17.9 Å². The maximum atomic E-state index is 14.0. The van der Waals surface area contributed by atoms with E-state index in [9.17, 15) is 32.3 Å². The van der Waals surface area contributed by atoms with Gasteiger partial charge in [0.2, 0.25) is 29.0 Å². The summed E-state index contributed by atoms with van der Waals surface area (Å²) in [6, 6.07) is 16.0. The van der Waals surface area contributed by atoms with E-state index in [2.05, 4.69) is 0 Å². The molecule has 3 aliphatic rings. The molecule has 2 fully saturated rings. The maximum Gasteiger partial charge on any atom is 0.416 e. The molecule has 0 aromatic heterocycles. The first kappa shape index (κ1) is 23.6. The SMILES string of the molecule is O=C1[C@@H]2[C@@H](c3ccccc3C(F)(F)F)OC3(C(=O)c4ccccc4C3=O)[C@@H]2C(=O)N1c1ccc(Cl)cc1. The van der Waals surface area contributed by atoms with E-state index in [-0.39, 0.29) is 16.8 Å². The largest absolute Gasteiger partial charge is 0.416 e. The van der Waals surface area contributed by atoms with E-state index in [1.165, 1.54) is 60.7 Å². The highest BCUT2D eigenvalue weighted by atomic mass is 35.5. The fraction of sp³-hybridized carbons (Fsp3) is 0.185. The van der Waals surface area contributed by atoms with Crippen LogP contribution in [0.4, 0.5) is 18.9 Å². The molecule has 2 heterocycles. The summed E-state index contributed by atoms with van der Waals surface area (Å²) in [7, 11) is 0. The Morgan fingerprint density at radius 2 is 1.35 bits per heavy atom. The van der Waals surface area contributed by atoms with Crippen LogP contribution in [0.15, 0.2) is 72.8 Å². The smallest absolute Gasteiger partial charge is 0.349 e. The highest BCUT2D eigenvalue weighted by molar-refractivity contribution is 6.37. The third-order valence-corrected chi connectivity index (χ3v) is 7.43. The van der Waals surface area contributed by atoms with Crippen LogP contribution in [0.1, 0.15) is 37.9 Å². The number of hydrogen-bond acceptors (Lipinski definition) is 5. The first-order valence-corrected chi connectivity index (χ1v) is 11.6. The predicted octanol–water partition coefficient (Wildman–Crippen LogP) is 5.05. The lowest BCUT2D eigenvalue weighted by atomic mass is 9.76. The number of rotatable bonds is 2. The van der Waals surface area contributed by atoms with E-state index in [0.717, 1.165) is 17.0 Å². The summed E-state index contributed by atoms with van der Waals surface area (Å²) in [4.78, 5) is 55.8. The maximum absolute atomic E-state index is 14.0. The predicted molar refractivity (Wildman–Crippen MR) is 124 cm³/mol. The van der Waals surface area contributed by atoms with Gasteiger partial charge >= 0.3 is 6.18 Å². The molecule has 6 nitrogen and oxygen atoms in total. The van der Waals surface area contributed by atoms with Gasteiger partial charge in [-0.25, -0.2) is 4.90 Å². The molecule has 10 heteroatoms. The van der Waals surface area contributed by atoms with Gasteiger partial charge in [-0.3, -0.25) is 19.2 Å². The van der Waals surface area contributed by atoms with Crippen molar-refractivity contribution >= 4 is 40.7 Å². The Kier molecular flexibility index (Phi) is 4.99. The highest BCUT2D eigenvalue weighted by Gasteiger charge is 2.75. The number of Topliss-reactive ketones (excluding diaryl/α,β-unsaturated/α-hetero) is 2. The lowest BCUT2D eigenvalue weighted by Crippen LogP contribution is -2.51. The summed E-state index contributed by atoms with van der Waals surface area (Å²) >= 11 is 5.93. The lowest BCUT2D eigenvalue weighted by molar-refractivity contribution is -0.141. The van der Waals surface area contributed by atoms with Crippen LogP contribution in [0.3, 0.4) is 0 Å². The van der Waals surface area contributed by atoms with Gasteiger partial charge in [0.25, 0.3) is 0 Å². The number of hydrogen-bond donors (Lipinski definition) is 0. The zero-order chi connectivity index (χ0) is 26.3. The minimum Gasteiger partial charge on any atom is -0.349 e. The number of ether oxygens (including phenoxy) is 1. The van der Waals surface area contributed by atoms with Crippen molar-refractivity contribution in [1.29, 1.82) is 0 Å². The number of nitrogens with zero attached hydrogens (tertiary/aromatic N) is 1. The Bertz CT molecular complexity index is 1480. The van der Waals surface area contributed by atoms with Gasteiger partial charge in [-0.1, -0.05) is 54.1 Å². The van der Waals surface area contributed by atoms with Gasteiger partial charge < -0.3 is 4.74 Å². The van der Waals surface area contributed by atoms with Gasteiger partial charge in [0, 0.05) is 16.1 Å². The molecule has 3 aromatic rings. The van der Waals surface area contributed by atoms with Crippen molar-refractivity contribution in [3.05, 3.63) is 100 Å². The van der Waals surface area contributed by atoms with Gasteiger partial charge in [0.15, 0.2) is 0 Å². The van der Waals surface area contributed by atoms with Crippen molar-refractivity contribution in [1.82, 2.24) is 0 Å². The Balaban J connectivity index is 1.57. The highest BCUT2D eigenvalue weighted by Crippen LogP contribution is 2.58. The fourth-order valence-corrected chi connectivity index (χ4v) is 5.77. The molecule has 3 aromatic carbocycles. The van der Waals surface area contributed by atoms with E-state index in [1.54, 1.807) is 0 Å². The first-order chi connectivity index (χ1) is 17.6. The molecule has 2 amide bonds. The number of alkyl halides is 3. The normalized spacial score (nSPS) is 24.2. The standard InChI is InChI=1S/C27H15ClF3NO5/c28-13-9-11-14(12-10-13)32-24(35)19-20(25(32)36)26(22(33)15-5-1-2-6-16(15)23(26)34)37-21(19)17-7-3-4-8-18(17)27(29,30)31/h1-12,19-21H/t19-,20-,21+/m0/s1. The van der Waals surface area contributed by atoms with E-state index in [4.69, 9.17) is 16.3 Å². The first-order valence-electron chi connectivity index (χ1n) is 11.2. The molecular weight excluding hydrogens is 511 g/mol. The molecule has 0 saturated carbocycles. The summed E-state index contributed by atoms with van der Waals surface area (Å²) in [6.45, 7) is 0. The number of carbonyl (C=O) groups is 4. The minimum atomic E-state index is -4.82. The zero-order valence-electron chi connectivity index (χ0n) is 18.7. The molecule has 1 spiro atoms. The summed E-state index contributed by atoms with van der Waals surface area (Å²) in [5.41, 5.74) is -3.90. The quantitative estimate of drug-likeness (QED) is 0.345. The Hall–Kier alpha value is -3.82. The van der Waals surface area contributed by atoms with E-state index in [1.807, 2.05) is 0 Å². The van der Waals surface area contributed by atoms with E-state index in [0.29, 0.717) is 5.02 Å². The van der Waals surface area contributed by atoms with Crippen LogP contribution in [0.2, 0.25) is 5.02 Å². The third kappa shape index (κ3) is 3.10. The fourth-order valence-electron chi connectivity index (χ4n) is 5.65. The molecule has 186 valence electrons. The zero-order valence-corrected chi connectivity index (χ0v) is 19.4. The van der Waals surface area contributed by atoms with Gasteiger partial charge in [-0.2, -0.15) is 13.2 Å². The summed E-state index contributed by atoms with van der Waals surface area (Å²) in [6.07, 6.45) is -6.50. The van der Waals surface area contributed by atoms with Gasteiger partial charge in [0.05, 0.1) is 29.2 Å². The van der Waals surface area contributed by atoms with Crippen LogP contribution in [0.25, 0.3) is 0 Å². The monoisotopic (exact) mass is 525 g/mol. The van der Waals surface area contributed by atoms with Crippen LogP contribution in [0.5, 0.6) is 0 Å². The Morgan fingerprint density at radius 3 is 1.95 bits per heavy atom. The summed E-state index contributed by atoms with van der Waals surface area (Å²) < 4.78 is 47.9. The van der Waals surface area contributed by atoms with Crippen LogP contribution >= 0.6 is 11.6 Å². The van der Waals surface area contributed by atoms with E-state index < -0.39 is 64.2 Å². The van der Waals surface area contributed by atoms with E-state index >= 15 is 0 Å². The Labute approximate surface area is 212 Å². The molecule has 1 aliphatic carbocycles. The number of benzene rings is 3. The molecule has 0 bridgehead atoms. The molecule has 6 rings (SSSR count). The van der Waals surface area contributed by atoms with Crippen LogP contribution in [-0.2, 0) is 20.5 Å². The number of amides is 2. The second-order valence-corrected chi connectivity index (χ2v) is 9.49. The number of carbonyl (C=O) groups excluding carboxylic acids is 4. The van der Waals surface area contributed by atoms with Crippen LogP contribution in [0, 0.1) is 11.8 Å². The van der Waals surface area contributed by atoms with Crippen LogP contribution in [-0.4, -0.2) is 29.0 Å². The van der Waals surface area contributed by atoms with Gasteiger partial charge in [-0.05, 0) is 35.9 Å². The Morgan fingerprint density at radius 1 is 0.784 bits per heavy atom. The van der Waals surface area contributed by atoms with Crippen molar-refractivity contribution in [2.24, 2.45) is 11.8 Å². The third-order valence-electron chi connectivity index (χ3n) is 7.18. The number of anilines is 1. The summed E-state index contributed by atoms with van der Waals surface area (Å²) in [5.74, 6) is -6.68. The number of fused-ring (bicyclic) bond motifs is 3. The molecule has 0 N–H and O–H groups in total. The van der Waals surface area contributed by atoms with Crippen molar-refractivity contribution in [2.75, 3.05) is 4.90 Å². The second kappa shape index (κ2) is 7.84. The summed E-state index contributed by atoms with van der Waals surface area (Å²) in [5, 5.41) is 0.330. The molecule has 2 saturated heterocycles. The molecular formula is C27H15ClF3NO5. The lowest BCUT2D eigenvalue weighted by Gasteiger charge is -2.28. The molecule has 0 radical (unpaired) electrons. The van der Waals surface area contributed by atoms with Crippen molar-refractivity contribution in [3.63, 3.8) is 0 Å². The molecule has 3 atom stereocenters. The average molecular weight is 526 g/mol. The molecule has 37 heavy (non-hydrogen) atoms. The van der Waals surface area contributed by atoms with Crippen LogP contribution < -0.4 is 4.90 Å². The molecule has 2 aliphatic heterocycles. The van der Waals surface area contributed by atoms with Gasteiger partial charge in [0.1, 0.15) is 0 Å². The topological polar surface area (TPSA) is 80.8 Å². The second-order valence-electron chi connectivity index (χ2n) is 9.05. The average Bonchev–Trinajstić information content (AvgIpc) is 3.44. The number of imide groups is 1. The number of ketones is 2. The number of halogens is 4.